The third kappa shape index (κ3) is 3.21. The lowest BCUT2D eigenvalue weighted by atomic mass is 10.0. The van der Waals surface area contributed by atoms with Crippen molar-refractivity contribution in [3.8, 4) is 11.8 Å². The number of amides is 1. The molecule has 1 saturated heterocycles. The maximum Gasteiger partial charge on any atom is 0.408 e. The highest BCUT2D eigenvalue weighted by atomic mass is 16.6. The van der Waals surface area contributed by atoms with E-state index in [4.69, 9.17) is 9.15 Å². The number of nitrogens with one attached hydrogen (secondary N) is 1. The number of pyridine rings is 1. The van der Waals surface area contributed by atoms with Gasteiger partial charge in [-0.1, -0.05) is 30.0 Å². The summed E-state index contributed by atoms with van der Waals surface area (Å²) in [6.45, 7) is 0. The molecule has 0 aliphatic carbocycles. The molecule has 1 aliphatic rings. The van der Waals surface area contributed by atoms with E-state index in [1.54, 1.807) is 12.4 Å². The van der Waals surface area contributed by atoms with Gasteiger partial charge in [0.15, 0.2) is 0 Å². The largest absolute Gasteiger partial charge is 0.445 e. The van der Waals surface area contributed by atoms with Gasteiger partial charge in [0.25, 0.3) is 0 Å². The van der Waals surface area contributed by atoms with Gasteiger partial charge in [-0.25, -0.2) is 9.78 Å². The first-order chi connectivity index (χ1) is 12.3. The molecule has 1 aliphatic heterocycles. The summed E-state index contributed by atoms with van der Waals surface area (Å²) in [7, 11) is 0. The average molecular weight is 331 g/mol. The molecule has 0 spiro atoms. The number of ether oxygens (including phenoxy) is 1. The fourth-order valence-corrected chi connectivity index (χ4v) is 2.61. The number of aromatic nitrogens is 2. The normalized spacial score (nSPS) is 18.8. The molecule has 2 aromatic heterocycles. The molecule has 25 heavy (non-hydrogen) atoms. The van der Waals surface area contributed by atoms with Crippen molar-refractivity contribution in [2.24, 2.45) is 0 Å². The Morgan fingerprint density at radius 3 is 2.72 bits per heavy atom. The second-order valence-electron chi connectivity index (χ2n) is 5.44. The minimum absolute atomic E-state index is 0.337. The van der Waals surface area contributed by atoms with Crippen molar-refractivity contribution in [1.82, 2.24) is 15.3 Å². The van der Waals surface area contributed by atoms with Crippen molar-refractivity contribution in [1.29, 1.82) is 0 Å². The Morgan fingerprint density at radius 2 is 1.92 bits per heavy atom. The fraction of sp³-hybridized carbons (Fsp3) is 0.105. The zero-order valence-electron chi connectivity index (χ0n) is 13.0. The van der Waals surface area contributed by atoms with Crippen LogP contribution in [0.3, 0.4) is 0 Å². The van der Waals surface area contributed by atoms with Crippen molar-refractivity contribution in [3.63, 3.8) is 0 Å². The molecular formula is C19H13N3O3. The van der Waals surface area contributed by atoms with Crippen LogP contribution in [-0.4, -0.2) is 16.1 Å². The minimum Gasteiger partial charge on any atom is -0.445 e. The standard InChI is InChI=1S/C19H13N3O3/c23-19-22-16(17(25-19)18-21-8-9-24-18)15-10-14(11-20-12-15)7-6-13-4-2-1-3-5-13/h1-5,8-12,16-17H,(H,22,23). The van der Waals surface area contributed by atoms with Gasteiger partial charge in [-0.05, 0) is 23.8 Å². The highest BCUT2D eigenvalue weighted by molar-refractivity contribution is 5.71. The Balaban J connectivity index is 1.63. The smallest absolute Gasteiger partial charge is 0.408 e. The molecule has 3 heterocycles. The molecule has 1 N–H and O–H groups in total. The van der Waals surface area contributed by atoms with Gasteiger partial charge in [0.1, 0.15) is 12.3 Å². The van der Waals surface area contributed by atoms with Crippen LogP contribution < -0.4 is 5.32 Å². The Labute approximate surface area is 143 Å². The van der Waals surface area contributed by atoms with Gasteiger partial charge in [0.2, 0.25) is 12.0 Å². The third-order valence-corrected chi connectivity index (χ3v) is 3.75. The zero-order valence-corrected chi connectivity index (χ0v) is 13.0. The number of carbonyl (C=O) groups excluding carboxylic acids is 1. The average Bonchev–Trinajstić information content (AvgIpc) is 3.30. The summed E-state index contributed by atoms with van der Waals surface area (Å²) in [5.74, 6) is 6.50. The van der Waals surface area contributed by atoms with E-state index in [2.05, 4.69) is 27.1 Å². The predicted octanol–water partition coefficient (Wildman–Crippen LogP) is 2.99. The summed E-state index contributed by atoms with van der Waals surface area (Å²) < 4.78 is 10.5. The van der Waals surface area contributed by atoms with Crippen LogP contribution in [0.25, 0.3) is 0 Å². The monoisotopic (exact) mass is 331 g/mol. The predicted molar refractivity (Wildman–Crippen MR) is 88.3 cm³/mol. The molecule has 2 atom stereocenters. The number of alkyl carbamates (subject to hydrolysis) is 1. The number of rotatable bonds is 2. The number of carbonyl (C=O) groups is 1. The van der Waals surface area contributed by atoms with Crippen LogP contribution in [0.15, 0.2) is 65.7 Å². The van der Waals surface area contributed by atoms with Crippen LogP contribution >= 0.6 is 0 Å². The van der Waals surface area contributed by atoms with E-state index in [0.29, 0.717) is 5.89 Å². The summed E-state index contributed by atoms with van der Waals surface area (Å²) >= 11 is 0. The van der Waals surface area contributed by atoms with Crippen LogP contribution in [0.1, 0.15) is 34.7 Å². The molecular weight excluding hydrogens is 318 g/mol. The molecule has 2 unspecified atom stereocenters. The van der Waals surface area contributed by atoms with E-state index in [-0.39, 0.29) is 0 Å². The second kappa shape index (κ2) is 6.49. The van der Waals surface area contributed by atoms with Crippen LogP contribution in [0.5, 0.6) is 0 Å². The highest BCUT2D eigenvalue weighted by Gasteiger charge is 2.39. The number of hydrogen-bond donors (Lipinski definition) is 1. The van der Waals surface area contributed by atoms with Gasteiger partial charge >= 0.3 is 6.09 Å². The molecule has 0 radical (unpaired) electrons. The van der Waals surface area contributed by atoms with Crippen LogP contribution in [-0.2, 0) is 4.74 Å². The molecule has 1 fully saturated rings. The molecule has 0 saturated carbocycles. The molecule has 6 nitrogen and oxygen atoms in total. The first-order valence-electron chi connectivity index (χ1n) is 7.68. The molecule has 0 bridgehead atoms. The van der Waals surface area contributed by atoms with E-state index in [9.17, 15) is 4.79 Å². The summed E-state index contributed by atoms with van der Waals surface area (Å²) in [4.78, 5) is 20.0. The summed E-state index contributed by atoms with van der Waals surface area (Å²) in [6, 6.07) is 11.1. The second-order valence-corrected chi connectivity index (χ2v) is 5.44. The summed E-state index contributed by atoms with van der Waals surface area (Å²) in [5, 5.41) is 2.76. The Bertz CT molecular complexity index is 943. The minimum atomic E-state index is -0.637. The molecule has 1 amide bonds. The quantitative estimate of drug-likeness (QED) is 0.731. The molecule has 1 aromatic carbocycles. The van der Waals surface area contributed by atoms with E-state index >= 15 is 0 Å². The fourth-order valence-electron chi connectivity index (χ4n) is 2.61. The van der Waals surface area contributed by atoms with Gasteiger partial charge in [0.05, 0.1) is 6.20 Å². The molecule has 4 rings (SSSR count). The third-order valence-electron chi connectivity index (χ3n) is 3.75. The molecule has 122 valence electrons. The van der Waals surface area contributed by atoms with Crippen LogP contribution in [0.4, 0.5) is 4.79 Å². The zero-order chi connectivity index (χ0) is 17.1. The first kappa shape index (κ1) is 15.0. The lowest BCUT2D eigenvalue weighted by molar-refractivity contribution is 0.114. The number of cyclic esters (lactones) is 1. The highest BCUT2D eigenvalue weighted by Crippen LogP contribution is 2.35. The topological polar surface area (TPSA) is 77.3 Å². The summed E-state index contributed by atoms with van der Waals surface area (Å²) in [6.07, 6.45) is 5.15. The van der Waals surface area contributed by atoms with Gasteiger partial charge in [-0.2, -0.15) is 0 Å². The lowest BCUT2D eigenvalue weighted by Crippen LogP contribution is -2.20. The Morgan fingerprint density at radius 1 is 1.08 bits per heavy atom. The SMILES string of the molecule is O=C1NC(c2cncc(C#Cc3ccccc3)c2)C(c2ncco2)O1. The lowest BCUT2D eigenvalue weighted by Gasteiger charge is -2.14. The molecule has 6 heteroatoms. The van der Waals surface area contributed by atoms with E-state index in [0.717, 1.165) is 16.7 Å². The van der Waals surface area contributed by atoms with Crippen LogP contribution in [0, 0.1) is 11.8 Å². The Hall–Kier alpha value is -3.59. The first-order valence-corrected chi connectivity index (χ1v) is 7.68. The molecule has 3 aromatic rings. The van der Waals surface area contributed by atoms with Gasteiger partial charge in [-0.15, -0.1) is 0 Å². The van der Waals surface area contributed by atoms with E-state index < -0.39 is 18.2 Å². The van der Waals surface area contributed by atoms with Gasteiger partial charge in [0, 0.05) is 23.5 Å². The van der Waals surface area contributed by atoms with E-state index in [1.165, 1.54) is 12.5 Å². The summed E-state index contributed by atoms with van der Waals surface area (Å²) in [5.41, 5.74) is 2.44. The van der Waals surface area contributed by atoms with Crippen LogP contribution in [0.2, 0.25) is 0 Å². The van der Waals surface area contributed by atoms with Crippen molar-refractivity contribution in [2.45, 2.75) is 12.1 Å². The Kier molecular flexibility index (Phi) is 3.89. The van der Waals surface area contributed by atoms with Crippen molar-refractivity contribution >= 4 is 6.09 Å². The van der Waals surface area contributed by atoms with Crippen molar-refractivity contribution in [3.05, 3.63) is 83.8 Å². The number of nitrogens with zero attached hydrogens (tertiary/aromatic N) is 2. The van der Waals surface area contributed by atoms with Crippen molar-refractivity contribution < 1.29 is 13.9 Å². The number of hydrogen-bond acceptors (Lipinski definition) is 5. The number of benzene rings is 1. The van der Waals surface area contributed by atoms with E-state index in [1.807, 2.05) is 36.4 Å². The number of oxazole rings is 1. The maximum absolute atomic E-state index is 11.7. The van der Waals surface area contributed by atoms with Gasteiger partial charge in [-0.3, -0.25) is 4.98 Å². The maximum atomic E-state index is 11.7. The van der Waals surface area contributed by atoms with Gasteiger partial charge < -0.3 is 14.5 Å². The van der Waals surface area contributed by atoms with Crippen molar-refractivity contribution in [2.75, 3.05) is 0 Å².